The maximum absolute atomic E-state index is 11.3. The molecule has 0 amide bonds. The van der Waals surface area contributed by atoms with E-state index >= 15 is 0 Å². The SMILES string of the molecule is CCC(Cc1ccc(Br)s1)C(=O)OC. The van der Waals surface area contributed by atoms with Gasteiger partial charge in [-0.3, -0.25) is 4.79 Å². The van der Waals surface area contributed by atoms with Crippen LogP contribution in [0.4, 0.5) is 0 Å². The molecule has 1 atom stereocenters. The first-order valence-electron chi connectivity index (χ1n) is 4.49. The molecule has 0 aliphatic rings. The highest BCUT2D eigenvalue weighted by Crippen LogP contribution is 2.25. The van der Waals surface area contributed by atoms with Crippen molar-refractivity contribution in [1.29, 1.82) is 0 Å². The average Bonchev–Trinajstić information content (AvgIpc) is 2.59. The van der Waals surface area contributed by atoms with Gasteiger partial charge in [-0.25, -0.2) is 0 Å². The van der Waals surface area contributed by atoms with Crippen LogP contribution in [-0.4, -0.2) is 13.1 Å². The van der Waals surface area contributed by atoms with Crippen molar-refractivity contribution in [1.82, 2.24) is 0 Å². The van der Waals surface area contributed by atoms with E-state index in [1.165, 1.54) is 12.0 Å². The van der Waals surface area contributed by atoms with Gasteiger partial charge in [-0.2, -0.15) is 0 Å². The van der Waals surface area contributed by atoms with Crippen LogP contribution >= 0.6 is 27.3 Å². The van der Waals surface area contributed by atoms with E-state index in [-0.39, 0.29) is 11.9 Å². The van der Waals surface area contributed by atoms with E-state index in [0.29, 0.717) is 0 Å². The van der Waals surface area contributed by atoms with Gasteiger partial charge >= 0.3 is 5.97 Å². The molecule has 1 aromatic rings. The number of hydrogen-bond donors (Lipinski definition) is 0. The van der Waals surface area contributed by atoms with Crippen LogP contribution < -0.4 is 0 Å². The third-order valence-corrected chi connectivity index (χ3v) is 3.75. The first-order valence-corrected chi connectivity index (χ1v) is 6.10. The summed E-state index contributed by atoms with van der Waals surface area (Å²) in [6.07, 6.45) is 1.60. The van der Waals surface area contributed by atoms with Crippen molar-refractivity contribution in [3.8, 4) is 0 Å². The minimum atomic E-state index is -0.114. The second-order valence-electron chi connectivity index (χ2n) is 3.04. The molecule has 1 unspecified atom stereocenters. The number of ether oxygens (including phenoxy) is 1. The van der Waals surface area contributed by atoms with Crippen molar-refractivity contribution >= 4 is 33.2 Å². The minimum Gasteiger partial charge on any atom is -0.469 e. The molecule has 0 aliphatic heterocycles. The van der Waals surface area contributed by atoms with Crippen LogP contribution in [-0.2, 0) is 16.0 Å². The van der Waals surface area contributed by atoms with Gasteiger partial charge in [0.2, 0.25) is 0 Å². The van der Waals surface area contributed by atoms with Crippen LogP contribution in [0.1, 0.15) is 18.2 Å². The molecule has 0 saturated carbocycles. The Hall–Kier alpha value is -0.350. The number of carbonyl (C=O) groups excluding carboxylic acids is 1. The van der Waals surface area contributed by atoms with Gasteiger partial charge in [-0.1, -0.05) is 6.92 Å². The third kappa shape index (κ3) is 3.10. The number of methoxy groups -OCH3 is 1. The van der Waals surface area contributed by atoms with Gasteiger partial charge in [-0.15, -0.1) is 11.3 Å². The highest BCUT2D eigenvalue weighted by molar-refractivity contribution is 9.11. The maximum atomic E-state index is 11.3. The van der Waals surface area contributed by atoms with E-state index in [1.54, 1.807) is 11.3 Å². The van der Waals surface area contributed by atoms with E-state index in [1.807, 2.05) is 19.1 Å². The minimum absolute atomic E-state index is 0.00875. The van der Waals surface area contributed by atoms with Crippen molar-refractivity contribution in [3.05, 3.63) is 20.8 Å². The Kier molecular flexibility index (Phi) is 4.62. The van der Waals surface area contributed by atoms with Gasteiger partial charge in [0.05, 0.1) is 16.8 Å². The van der Waals surface area contributed by atoms with Crippen LogP contribution in [0.15, 0.2) is 15.9 Å². The number of carbonyl (C=O) groups is 1. The normalized spacial score (nSPS) is 12.5. The molecule has 2 nitrogen and oxygen atoms in total. The quantitative estimate of drug-likeness (QED) is 0.790. The number of esters is 1. The largest absolute Gasteiger partial charge is 0.469 e. The van der Waals surface area contributed by atoms with E-state index in [0.717, 1.165) is 16.6 Å². The fraction of sp³-hybridized carbons (Fsp3) is 0.500. The lowest BCUT2D eigenvalue weighted by molar-refractivity contribution is -0.145. The number of thiophene rings is 1. The van der Waals surface area contributed by atoms with Gasteiger partial charge in [0.15, 0.2) is 0 Å². The molecule has 1 rings (SSSR count). The van der Waals surface area contributed by atoms with Crippen LogP contribution in [0.5, 0.6) is 0 Å². The number of rotatable bonds is 4. The molecule has 0 bridgehead atoms. The first kappa shape index (κ1) is 11.7. The van der Waals surface area contributed by atoms with E-state index in [9.17, 15) is 4.79 Å². The van der Waals surface area contributed by atoms with Gasteiger partial charge in [0.1, 0.15) is 0 Å². The molecule has 0 radical (unpaired) electrons. The fourth-order valence-corrected chi connectivity index (χ4v) is 2.83. The summed E-state index contributed by atoms with van der Waals surface area (Å²) >= 11 is 5.07. The lowest BCUT2D eigenvalue weighted by atomic mass is 10.0. The highest BCUT2D eigenvalue weighted by atomic mass is 79.9. The standard InChI is InChI=1S/C10H13BrO2S/c1-3-7(10(12)13-2)6-8-4-5-9(11)14-8/h4-5,7H,3,6H2,1-2H3. The van der Waals surface area contributed by atoms with Crippen molar-refractivity contribution in [3.63, 3.8) is 0 Å². The molecule has 0 N–H and O–H groups in total. The lowest BCUT2D eigenvalue weighted by Crippen LogP contribution is -2.17. The summed E-state index contributed by atoms with van der Waals surface area (Å²) in [4.78, 5) is 12.5. The predicted octanol–water partition coefficient (Wildman–Crippen LogP) is 3.25. The zero-order valence-electron chi connectivity index (χ0n) is 8.25. The molecule has 0 aliphatic carbocycles. The molecule has 78 valence electrons. The Balaban J connectivity index is 2.61. The summed E-state index contributed by atoms with van der Waals surface area (Å²) in [5.74, 6) is -0.123. The molecule has 4 heteroatoms. The Bertz CT molecular complexity index is 309. The van der Waals surface area contributed by atoms with E-state index in [2.05, 4.69) is 15.9 Å². The van der Waals surface area contributed by atoms with Crippen molar-refractivity contribution in [2.45, 2.75) is 19.8 Å². The fourth-order valence-electron chi connectivity index (χ4n) is 1.27. The molecule has 1 heterocycles. The van der Waals surface area contributed by atoms with Crippen molar-refractivity contribution < 1.29 is 9.53 Å². The number of hydrogen-bond acceptors (Lipinski definition) is 3. The van der Waals surface area contributed by atoms with Crippen LogP contribution in [0.3, 0.4) is 0 Å². The van der Waals surface area contributed by atoms with Gasteiger partial charge in [-0.05, 0) is 40.9 Å². The van der Waals surface area contributed by atoms with E-state index in [4.69, 9.17) is 4.74 Å². The molecular weight excluding hydrogens is 264 g/mol. The maximum Gasteiger partial charge on any atom is 0.309 e. The molecule has 0 saturated heterocycles. The second-order valence-corrected chi connectivity index (χ2v) is 5.59. The monoisotopic (exact) mass is 276 g/mol. The zero-order valence-corrected chi connectivity index (χ0v) is 10.7. The summed E-state index contributed by atoms with van der Waals surface area (Å²) < 4.78 is 5.84. The Morgan fingerprint density at radius 3 is 2.79 bits per heavy atom. The number of halogens is 1. The highest BCUT2D eigenvalue weighted by Gasteiger charge is 2.17. The summed E-state index contributed by atoms with van der Waals surface area (Å²) in [5, 5.41) is 0. The topological polar surface area (TPSA) is 26.3 Å². The molecule has 14 heavy (non-hydrogen) atoms. The summed E-state index contributed by atoms with van der Waals surface area (Å²) in [6, 6.07) is 4.05. The molecular formula is C10H13BrO2S. The Morgan fingerprint density at radius 1 is 1.64 bits per heavy atom. The summed E-state index contributed by atoms with van der Waals surface area (Å²) in [6.45, 7) is 2.00. The molecule has 0 spiro atoms. The smallest absolute Gasteiger partial charge is 0.309 e. The van der Waals surface area contributed by atoms with Crippen LogP contribution in [0, 0.1) is 5.92 Å². The Morgan fingerprint density at radius 2 is 2.36 bits per heavy atom. The van der Waals surface area contributed by atoms with Crippen molar-refractivity contribution in [2.24, 2.45) is 5.92 Å². The van der Waals surface area contributed by atoms with Gasteiger partial charge in [0, 0.05) is 4.88 Å². The van der Waals surface area contributed by atoms with Crippen LogP contribution in [0.2, 0.25) is 0 Å². The molecule has 0 fully saturated rings. The first-order chi connectivity index (χ1) is 6.67. The predicted molar refractivity (Wildman–Crippen MR) is 61.5 cm³/mol. The van der Waals surface area contributed by atoms with Crippen LogP contribution in [0.25, 0.3) is 0 Å². The molecule has 1 aromatic heterocycles. The van der Waals surface area contributed by atoms with Crippen molar-refractivity contribution in [2.75, 3.05) is 7.11 Å². The van der Waals surface area contributed by atoms with Gasteiger partial charge < -0.3 is 4.74 Å². The molecule has 0 aromatic carbocycles. The third-order valence-electron chi connectivity index (χ3n) is 2.10. The summed E-state index contributed by atoms with van der Waals surface area (Å²) in [5.41, 5.74) is 0. The van der Waals surface area contributed by atoms with E-state index < -0.39 is 0 Å². The zero-order chi connectivity index (χ0) is 10.6. The average molecular weight is 277 g/mol. The Labute approximate surface area is 96.4 Å². The second kappa shape index (κ2) is 5.51. The lowest BCUT2D eigenvalue weighted by Gasteiger charge is -2.10. The summed E-state index contributed by atoms with van der Waals surface area (Å²) in [7, 11) is 1.44. The van der Waals surface area contributed by atoms with Gasteiger partial charge in [0.25, 0.3) is 0 Å².